The normalized spacial score (nSPS) is 12.4. The van der Waals surface area contributed by atoms with E-state index in [9.17, 15) is 14.7 Å². The molecule has 0 amide bonds. The maximum absolute atomic E-state index is 11.7. The van der Waals surface area contributed by atoms with Crippen LogP contribution in [0.4, 0.5) is 5.95 Å². The number of unbranched alkanes of at least 4 members (excludes halogenated alkanes) is 1. The number of fused-ring (bicyclic) bond motifs is 1. The molecule has 2 rings (SSSR count). The van der Waals surface area contributed by atoms with E-state index >= 15 is 0 Å². The molecule has 0 saturated carbocycles. The van der Waals surface area contributed by atoms with Crippen LogP contribution >= 0.6 is 0 Å². The number of carbonyl (C=O) groups excluding carboxylic acids is 1. The molecule has 0 fully saturated rings. The van der Waals surface area contributed by atoms with Crippen LogP contribution in [0.3, 0.4) is 0 Å². The number of nitrogens with one attached hydrogen (secondary N) is 1. The molecule has 0 aromatic carbocycles. The summed E-state index contributed by atoms with van der Waals surface area (Å²) in [5.41, 5.74) is 5.47. The predicted octanol–water partition coefficient (Wildman–Crippen LogP) is -0.230. The van der Waals surface area contributed by atoms with Crippen LogP contribution in [0.1, 0.15) is 26.2 Å². The van der Waals surface area contributed by atoms with Crippen LogP contribution < -0.4 is 11.3 Å². The number of ether oxygens (including phenoxy) is 2. The van der Waals surface area contributed by atoms with E-state index < -0.39 is 11.7 Å². The van der Waals surface area contributed by atoms with E-state index in [4.69, 9.17) is 15.2 Å². The van der Waals surface area contributed by atoms with Gasteiger partial charge in [0, 0.05) is 6.42 Å². The molecule has 2 aromatic rings. The largest absolute Gasteiger partial charge is 0.463 e. The number of aliphatic hydroxyl groups is 1. The van der Waals surface area contributed by atoms with Gasteiger partial charge in [-0.15, -0.1) is 0 Å². The molecule has 0 radical (unpaired) electrons. The first-order chi connectivity index (χ1) is 11.5. The molecule has 0 spiro atoms. The number of rotatable bonds is 9. The Bertz CT molecular complexity index is 741. The van der Waals surface area contributed by atoms with Crippen molar-refractivity contribution in [2.24, 2.45) is 0 Å². The Morgan fingerprint density at radius 1 is 1.54 bits per heavy atom. The molecule has 0 aliphatic carbocycles. The fraction of sp³-hybridized carbons (Fsp3) is 0.571. The highest BCUT2D eigenvalue weighted by Crippen LogP contribution is 2.08. The molecule has 10 heteroatoms. The van der Waals surface area contributed by atoms with Gasteiger partial charge in [-0.3, -0.25) is 19.1 Å². The monoisotopic (exact) mass is 339 g/mol. The summed E-state index contributed by atoms with van der Waals surface area (Å²) >= 11 is 0. The summed E-state index contributed by atoms with van der Waals surface area (Å²) in [6, 6.07) is 0. The topological polar surface area (TPSA) is 145 Å². The Morgan fingerprint density at radius 2 is 2.33 bits per heavy atom. The van der Waals surface area contributed by atoms with Crippen molar-refractivity contribution < 1.29 is 19.4 Å². The molecule has 0 aliphatic rings. The van der Waals surface area contributed by atoms with Gasteiger partial charge in [0.25, 0.3) is 5.56 Å². The molecule has 1 atom stereocenters. The number of imidazole rings is 1. The highest BCUT2D eigenvalue weighted by atomic mass is 16.6. The molecule has 10 nitrogen and oxygen atoms in total. The molecule has 1 unspecified atom stereocenters. The minimum absolute atomic E-state index is 0.0237. The maximum Gasteiger partial charge on any atom is 0.305 e. The average Bonchev–Trinajstić information content (AvgIpc) is 2.96. The number of aromatic amines is 1. The smallest absolute Gasteiger partial charge is 0.305 e. The van der Waals surface area contributed by atoms with Gasteiger partial charge in [-0.2, -0.15) is 4.98 Å². The Morgan fingerprint density at radius 3 is 3.04 bits per heavy atom. The van der Waals surface area contributed by atoms with Crippen molar-refractivity contribution in [3.8, 4) is 0 Å². The van der Waals surface area contributed by atoms with Gasteiger partial charge in [0.05, 0.1) is 12.9 Å². The van der Waals surface area contributed by atoms with Gasteiger partial charge in [-0.1, -0.05) is 13.3 Å². The number of hydrogen-bond acceptors (Lipinski definition) is 8. The second-order valence-electron chi connectivity index (χ2n) is 5.22. The summed E-state index contributed by atoms with van der Waals surface area (Å²) < 4.78 is 12.0. The van der Waals surface area contributed by atoms with Crippen LogP contribution in [0.5, 0.6) is 0 Å². The first kappa shape index (κ1) is 17.9. The maximum atomic E-state index is 11.7. The lowest BCUT2D eigenvalue weighted by molar-refractivity contribution is -0.150. The molecule has 2 heterocycles. The van der Waals surface area contributed by atoms with Gasteiger partial charge in [-0.25, -0.2) is 4.98 Å². The molecule has 4 N–H and O–H groups in total. The quantitative estimate of drug-likeness (QED) is 0.531. The van der Waals surface area contributed by atoms with Gasteiger partial charge < -0.3 is 20.3 Å². The molecular formula is C14H21N5O5. The molecular weight excluding hydrogens is 318 g/mol. The van der Waals surface area contributed by atoms with E-state index in [-0.39, 0.29) is 43.0 Å². The van der Waals surface area contributed by atoms with Gasteiger partial charge in [0.2, 0.25) is 5.95 Å². The summed E-state index contributed by atoms with van der Waals surface area (Å²) in [4.78, 5) is 33.4. The van der Waals surface area contributed by atoms with Crippen LogP contribution in [0.15, 0.2) is 11.1 Å². The molecule has 132 valence electrons. The summed E-state index contributed by atoms with van der Waals surface area (Å²) in [5.74, 6) is -0.356. The number of nitrogen functional groups attached to an aromatic ring is 1. The second-order valence-corrected chi connectivity index (χ2v) is 5.22. The van der Waals surface area contributed by atoms with Crippen LogP contribution in [-0.2, 0) is 21.0 Å². The lowest BCUT2D eigenvalue weighted by atomic mass is 10.2. The van der Waals surface area contributed by atoms with E-state index in [1.54, 1.807) is 0 Å². The summed E-state index contributed by atoms with van der Waals surface area (Å²) in [6.45, 7) is 1.59. The summed E-state index contributed by atoms with van der Waals surface area (Å²) in [5, 5.41) is 9.31. The van der Waals surface area contributed by atoms with Crippen molar-refractivity contribution in [3.05, 3.63) is 16.7 Å². The Labute approximate surface area is 137 Å². The third-order valence-electron chi connectivity index (χ3n) is 3.31. The molecule has 2 aromatic heterocycles. The van der Waals surface area contributed by atoms with Crippen LogP contribution in [0.2, 0.25) is 0 Å². The number of aliphatic hydroxyl groups excluding tert-OH is 1. The number of nitrogens with two attached hydrogens (primary N) is 1. The minimum atomic E-state index is -0.688. The lowest BCUT2D eigenvalue weighted by Gasteiger charge is -2.16. The Balaban J connectivity index is 1.94. The van der Waals surface area contributed by atoms with Crippen LogP contribution in [0.25, 0.3) is 11.2 Å². The second kappa shape index (κ2) is 8.41. The zero-order chi connectivity index (χ0) is 17.5. The molecule has 0 aliphatic heterocycles. The highest BCUT2D eigenvalue weighted by Gasteiger charge is 2.14. The van der Waals surface area contributed by atoms with Gasteiger partial charge in [-0.05, 0) is 6.42 Å². The van der Waals surface area contributed by atoms with E-state index in [0.717, 1.165) is 12.8 Å². The zero-order valence-corrected chi connectivity index (χ0v) is 13.4. The first-order valence-electron chi connectivity index (χ1n) is 7.63. The van der Waals surface area contributed by atoms with Gasteiger partial charge in [0.15, 0.2) is 11.2 Å². The van der Waals surface area contributed by atoms with Crippen molar-refractivity contribution in [1.82, 2.24) is 19.5 Å². The van der Waals surface area contributed by atoms with E-state index in [1.807, 2.05) is 6.92 Å². The molecule has 0 bridgehead atoms. The van der Waals surface area contributed by atoms with Crippen molar-refractivity contribution in [3.63, 3.8) is 0 Å². The van der Waals surface area contributed by atoms with Crippen molar-refractivity contribution in [2.75, 3.05) is 18.9 Å². The summed E-state index contributed by atoms with van der Waals surface area (Å²) in [6.07, 6.45) is 2.69. The first-order valence-corrected chi connectivity index (χ1v) is 7.63. The number of hydrogen-bond donors (Lipinski definition) is 3. The van der Waals surface area contributed by atoms with Crippen molar-refractivity contribution >= 4 is 23.1 Å². The van der Waals surface area contributed by atoms with Crippen LogP contribution in [0, 0.1) is 0 Å². The lowest BCUT2D eigenvalue weighted by Crippen LogP contribution is -2.26. The Kier molecular flexibility index (Phi) is 6.27. The zero-order valence-electron chi connectivity index (χ0n) is 13.4. The van der Waals surface area contributed by atoms with Crippen molar-refractivity contribution in [1.29, 1.82) is 0 Å². The van der Waals surface area contributed by atoms with E-state index in [1.165, 1.54) is 10.9 Å². The van der Waals surface area contributed by atoms with E-state index in [2.05, 4.69) is 15.0 Å². The number of aromatic nitrogens is 4. The van der Waals surface area contributed by atoms with Gasteiger partial charge in [0.1, 0.15) is 19.4 Å². The minimum Gasteiger partial charge on any atom is -0.463 e. The van der Waals surface area contributed by atoms with E-state index in [0.29, 0.717) is 6.42 Å². The van der Waals surface area contributed by atoms with Crippen LogP contribution in [-0.4, -0.2) is 49.9 Å². The number of esters is 1. The number of anilines is 1. The molecule has 0 saturated heterocycles. The average molecular weight is 339 g/mol. The number of H-pyrrole nitrogens is 1. The number of nitrogens with zero attached hydrogens (tertiary/aromatic N) is 3. The fourth-order valence-corrected chi connectivity index (χ4v) is 1.98. The van der Waals surface area contributed by atoms with Gasteiger partial charge >= 0.3 is 5.97 Å². The highest BCUT2D eigenvalue weighted by molar-refractivity contribution is 5.70. The molecule has 24 heavy (non-hydrogen) atoms. The third-order valence-corrected chi connectivity index (χ3v) is 3.31. The van der Waals surface area contributed by atoms with Crippen molar-refractivity contribution in [2.45, 2.75) is 39.0 Å². The Hall–Kier alpha value is -2.46. The number of carbonyl (C=O) groups is 1. The standard InChI is InChI=1S/C14H21N5O5/c1-2-3-4-10(21)23-6-9(5-20)24-8-19-7-16-11-12(19)17-14(15)18-13(11)22/h7,9,20H,2-6,8H2,1H3,(H3,15,17,18,22). The summed E-state index contributed by atoms with van der Waals surface area (Å²) in [7, 11) is 0. The fourth-order valence-electron chi connectivity index (χ4n) is 1.98. The SMILES string of the molecule is CCCCC(=O)OCC(CO)OCn1cnc2c(=O)[nH]c(N)nc21. The predicted molar refractivity (Wildman–Crippen MR) is 85.0 cm³/mol. The third kappa shape index (κ3) is 4.52.